The number of carbonyl (C=O) groups is 1. The number of nitrogens with zero attached hydrogens (tertiary/aromatic N) is 1. The maximum absolute atomic E-state index is 12.7. The van der Waals surface area contributed by atoms with Crippen LogP contribution in [0.4, 0.5) is 5.69 Å². The number of ether oxygens (including phenoxy) is 1. The highest BCUT2D eigenvalue weighted by atomic mass is 16.5. The summed E-state index contributed by atoms with van der Waals surface area (Å²) in [6, 6.07) is 16.6. The molecular formula is C27H38N2O2. The Balaban J connectivity index is 1.57. The summed E-state index contributed by atoms with van der Waals surface area (Å²) in [7, 11) is 0. The summed E-state index contributed by atoms with van der Waals surface area (Å²) in [6.45, 7) is 10.8. The molecule has 0 bridgehead atoms. The molecule has 31 heavy (non-hydrogen) atoms. The minimum atomic E-state index is -0.0805. The van der Waals surface area contributed by atoms with E-state index in [0.717, 1.165) is 11.4 Å². The first-order valence-electron chi connectivity index (χ1n) is 11.8. The van der Waals surface area contributed by atoms with Crippen molar-refractivity contribution in [1.82, 2.24) is 4.90 Å². The monoisotopic (exact) mass is 422 g/mol. The zero-order valence-corrected chi connectivity index (χ0v) is 19.7. The maximum Gasteiger partial charge on any atom is 0.255 e. The fourth-order valence-corrected chi connectivity index (χ4v) is 4.86. The van der Waals surface area contributed by atoms with Crippen molar-refractivity contribution in [1.29, 1.82) is 0 Å². The number of hydrogen-bond acceptors (Lipinski definition) is 3. The van der Waals surface area contributed by atoms with E-state index >= 15 is 0 Å². The first-order chi connectivity index (χ1) is 14.8. The number of amides is 1. The molecule has 0 aromatic heterocycles. The Morgan fingerprint density at radius 3 is 2.00 bits per heavy atom. The number of nitrogens with one attached hydrogen (secondary N) is 1. The third kappa shape index (κ3) is 6.33. The van der Waals surface area contributed by atoms with Crippen molar-refractivity contribution in [2.45, 2.75) is 91.0 Å². The van der Waals surface area contributed by atoms with Gasteiger partial charge >= 0.3 is 0 Å². The van der Waals surface area contributed by atoms with Crippen LogP contribution in [0.15, 0.2) is 48.5 Å². The van der Waals surface area contributed by atoms with Gasteiger partial charge in [-0.3, -0.25) is 9.69 Å². The molecule has 1 amide bonds. The van der Waals surface area contributed by atoms with E-state index < -0.39 is 0 Å². The van der Waals surface area contributed by atoms with Crippen LogP contribution in [-0.4, -0.2) is 29.1 Å². The van der Waals surface area contributed by atoms with E-state index in [9.17, 15) is 4.79 Å². The summed E-state index contributed by atoms with van der Waals surface area (Å²) in [4.78, 5) is 15.0. The Kier molecular flexibility index (Phi) is 8.14. The number of benzene rings is 2. The average Bonchev–Trinajstić information content (AvgIpc) is 2.75. The van der Waals surface area contributed by atoms with Gasteiger partial charge in [-0.05, 0) is 95.3 Å². The molecule has 0 spiro atoms. The van der Waals surface area contributed by atoms with Crippen molar-refractivity contribution in [3.05, 3.63) is 59.7 Å². The summed E-state index contributed by atoms with van der Waals surface area (Å²) in [6.07, 6.45) is 6.50. The smallest absolute Gasteiger partial charge is 0.255 e. The van der Waals surface area contributed by atoms with Gasteiger partial charge in [0.1, 0.15) is 12.0 Å². The van der Waals surface area contributed by atoms with Crippen LogP contribution in [0.25, 0.3) is 0 Å². The molecule has 1 fully saturated rings. The zero-order chi connectivity index (χ0) is 22.4. The lowest BCUT2D eigenvalue weighted by atomic mass is 9.84. The van der Waals surface area contributed by atoms with Gasteiger partial charge in [-0.2, -0.15) is 0 Å². The number of anilines is 1. The van der Waals surface area contributed by atoms with Gasteiger partial charge in [-0.25, -0.2) is 0 Å². The van der Waals surface area contributed by atoms with Gasteiger partial charge in [0.2, 0.25) is 0 Å². The fraction of sp³-hybridized carbons (Fsp3) is 0.519. The van der Waals surface area contributed by atoms with Crippen molar-refractivity contribution in [3.63, 3.8) is 0 Å². The second kappa shape index (κ2) is 10.8. The van der Waals surface area contributed by atoms with Crippen molar-refractivity contribution in [2.24, 2.45) is 0 Å². The molecule has 4 nitrogen and oxygen atoms in total. The minimum absolute atomic E-state index is 0.0249. The van der Waals surface area contributed by atoms with Crippen LogP contribution in [0.3, 0.4) is 0 Å². The third-order valence-corrected chi connectivity index (χ3v) is 6.28. The van der Waals surface area contributed by atoms with Crippen molar-refractivity contribution in [2.75, 3.05) is 5.32 Å². The van der Waals surface area contributed by atoms with Crippen molar-refractivity contribution in [3.8, 4) is 5.75 Å². The van der Waals surface area contributed by atoms with Gasteiger partial charge in [-0.1, -0.05) is 31.4 Å². The van der Waals surface area contributed by atoms with Crippen molar-refractivity contribution < 1.29 is 9.53 Å². The first-order valence-corrected chi connectivity index (χ1v) is 11.8. The lowest BCUT2D eigenvalue weighted by Crippen LogP contribution is -2.46. The van der Waals surface area contributed by atoms with Crippen LogP contribution >= 0.6 is 0 Å². The number of hydrogen-bond donors (Lipinski definition) is 1. The highest BCUT2D eigenvalue weighted by Gasteiger charge is 2.21. The Hall–Kier alpha value is -2.33. The molecule has 2 aromatic rings. The van der Waals surface area contributed by atoms with Crippen LogP contribution in [0.2, 0.25) is 0 Å². The van der Waals surface area contributed by atoms with Gasteiger partial charge in [-0.15, -0.1) is 0 Å². The molecule has 1 N–H and O–H groups in total. The molecule has 0 radical (unpaired) electrons. The Morgan fingerprint density at radius 2 is 1.45 bits per heavy atom. The second-order valence-electron chi connectivity index (χ2n) is 9.29. The largest absolute Gasteiger partial charge is 0.475 e. The summed E-state index contributed by atoms with van der Waals surface area (Å²) in [5, 5.41) is 2.99. The van der Waals surface area contributed by atoms with E-state index in [1.807, 2.05) is 36.4 Å². The van der Waals surface area contributed by atoms with Gasteiger partial charge in [0.25, 0.3) is 5.91 Å². The molecule has 0 aliphatic heterocycles. The van der Waals surface area contributed by atoms with Crippen molar-refractivity contribution >= 4 is 11.6 Å². The van der Waals surface area contributed by atoms with E-state index in [1.54, 1.807) is 0 Å². The standard InChI is InChI=1S/C27H38N2O2/c1-19(2)29(20(3)4)21(5)31-26-17-15-25(16-18-26)28-27(30)24-13-11-23(12-14-24)22-9-7-6-8-10-22/h11-22H,6-10H2,1-5H3,(H,28,30). The molecule has 3 rings (SSSR count). The predicted molar refractivity (Wildman–Crippen MR) is 129 cm³/mol. The van der Waals surface area contributed by atoms with Gasteiger partial charge in [0.15, 0.2) is 0 Å². The van der Waals surface area contributed by atoms with E-state index in [4.69, 9.17) is 4.74 Å². The topological polar surface area (TPSA) is 41.6 Å². The lowest BCUT2D eigenvalue weighted by molar-refractivity contribution is -0.00560. The van der Waals surface area contributed by atoms with E-state index in [0.29, 0.717) is 23.6 Å². The summed E-state index contributed by atoms with van der Waals surface area (Å²) in [5.41, 5.74) is 2.83. The SMILES string of the molecule is CC(C)N(C(C)C)C(C)Oc1ccc(NC(=O)c2ccc(C3CCCCC3)cc2)cc1. The van der Waals surface area contributed by atoms with E-state index in [2.05, 4.69) is 57.0 Å². The van der Waals surface area contributed by atoms with E-state index in [1.165, 1.54) is 37.7 Å². The predicted octanol–water partition coefficient (Wildman–Crippen LogP) is 6.83. The van der Waals surface area contributed by atoms with Crippen LogP contribution in [0.1, 0.15) is 88.6 Å². The molecule has 1 atom stereocenters. The second-order valence-corrected chi connectivity index (χ2v) is 9.29. The molecular weight excluding hydrogens is 384 g/mol. The van der Waals surface area contributed by atoms with Gasteiger partial charge in [0.05, 0.1) is 0 Å². The number of carbonyl (C=O) groups excluding carboxylic acids is 1. The molecule has 2 aromatic carbocycles. The third-order valence-electron chi connectivity index (χ3n) is 6.28. The maximum atomic E-state index is 12.7. The highest BCUT2D eigenvalue weighted by molar-refractivity contribution is 6.04. The fourth-order valence-electron chi connectivity index (χ4n) is 4.86. The van der Waals surface area contributed by atoms with Crippen LogP contribution < -0.4 is 10.1 Å². The van der Waals surface area contributed by atoms with Crippen LogP contribution in [0, 0.1) is 0 Å². The minimum Gasteiger partial charge on any atom is -0.475 e. The molecule has 168 valence electrons. The van der Waals surface area contributed by atoms with Gasteiger partial charge < -0.3 is 10.1 Å². The summed E-state index contributed by atoms with van der Waals surface area (Å²) >= 11 is 0. The molecule has 1 aliphatic rings. The van der Waals surface area contributed by atoms with Gasteiger partial charge in [0, 0.05) is 23.3 Å². The molecule has 4 heteroatoms. The molecule has 1 unspecified atom stereocenters. The summed E-state index contributed by atoms with van der Waals surface area (Å²) in [5.74, 6) is 1.37. The molecule has 1 saturated carbocycles. The molecule has 0 heterocycles. The quantitative estimate of drug-likeness (QED) is 0.474. The van der Waals surface area contributed by atoms with Crippen LogP contribution in [-0.2, 0) is 0 Å². The molecule has 0 saturated heterocycles. The van der Waals surface area contributed by atoms with E-state index in [-0.39, 0.29) is 12.1 Å². The number of rotatable bonds is 8. The highest BCUT2D eigenvalue weighted by Crippen LogP contribution is 2.32. The Bertz CT molecular complexity index is 813. The normalized spacial score (nSPS) is 16.0. The molecule has 1 aliphatic carbocycles. The first kappa shape index (κ1) is 23.3. The Morgan fingerprint density at radius 1 is 0.871 bits per heavy atom. The van der Waals surface area contributed by atoms with Crippen LogP contribution in [0.5, 0.6) is 5.75 Å². The summed E-state index contributed by atoms with van der Waals surface area (Å²) < 4.78 is 6.13. The Labute approximate surface area is 188 Å². The zero-order valence-electron chi connectivity index (χ0n) is 19.7. The average molecular weight is 423 g/mol. The lowest BCUT2D eigenvalue weighted by Gasteiger charge is -2.36.